The number of anilines is 1. The molecule has 0 saturated carbocycles. The zero-order valence-electron chi connectivity index (χ0n) is 8.67. The number of carbonyl (C=O) groups excluding carboxylic acids is 1. The SMILES string of the molecule is CCN1C(=O)CSc2ccc([N+](=O)[O-])cc21. The van der Waals surface area contributed by atoms with Crippen LogP contribution in [-0.2, 0) is 4.79 Å². The van der Waals surface area contributed by atoms with E-state index in [1.807, 2.05) is 6.92 Å². The van der Waals surface area contributed by atoms with Gasteiger partial charge in [0.2, 0.25) is 5.91 Å². The van der Waals surface area contributed by atoms with Crippen molar-refractivity contribution in [1.82, 2.24) is 0 Å². The first-order valence-corrected chi connectivity index (χ1v) is 5.83. The molecule has 0 N–H and O–H groups in total. The molecule has 0 fully saturated rings. The summed E-state index contributed by atoms with van der Waals surface area (Å²) in [4.78, 5) is 24.3. The van der Waals surface area contributed by atoms with E-state index in [1.54, 1.807) is 11.0 Å². The highest BCUT2D eigenvalue weighted by Gasteiger charge is 2.25. The van der Waals surface area contributed by atoms with Crippen LogP contribution in [-0.4, -0.2) is 23.1 Å². The van der Waals surface area contributed by atoms with E-state index >= 15 is 0 Å². The number of fused-ring (bicyclic) bond motifs is 1. The summed E-state index contributed by atoms with van der Waals surface area (Å²) < 4.78 is 0. The molecule has 1 aliphatic heterocycles. The van der Waals surface area contributed by atoms with Gasteiger partial charge in [0, 0.05) is 23.6 Å². The fourth-order valence-electron chi connectivity index (χ4n) is 1.65. The molecule has 1 amide bonds. The van der Waals surface area contributed by atoms with Crippen LogP contribution >= 0.6 is 11.8 Å². The first-order valence-electron chi connectivity index (χ1n) is 4.85. The Balaban J connectivity index is 2.49. The summed E-state index contributed by atoms with van der Waals surface area (Å²) in [6.07, 6.45) is 0. The van der Waals surface area contributed by atoms with Crippen LogP contribution in [0.3, 0.4) is 0 Å². The second kappa shape index (κ2) is 4.13. The van der Waals surface area contributed by atoms with Crippen LogP contribution in [0.2, 0.25) is 0 Å². The average molecular weight is 238 g/mol. The molecule has 1 heterocycles. The summed E-state index contributed by atoms with van der Waals surface area (Å²) in [5.41, 5.74) is 0.672. The predicted molar refractivity (Wildman–Crippen MR) is 61.8 cm³/mol. The molecule has 16 heavy (non-hydrogen) atoms. The number of benzene rings is 1. The normalized spacial score (nSPS) is 14.8. The number of thioether (sulfide) groups is 1. The van der Waals surface area contributed by atoms with Crippen LogP contribution < -0.4 is 4.90 Å². The van der Waals surface area contributed by atoms with Gasteiger partial charge in [-0.05, 0) is 13.0 Å². The van der Waals surface area contributed by atoms with E-state index in [1.165, 1.54) is 23.9 Å². The van der Waals surface area contributed by atoms with Crippen molar-refractivity contribution < 1.29 is 9.72 Å². The van der Waals surface area contributed by atoms with Crippen LogP contribution in [0.15, 0.2) is 23.1 Å². The first kappa shape index (κ1) is 10.9. The van der Waals surface area contributed by atoms with Gasteiger partial charge in [-0.25, -0.2) is 0 Å². The molecular weight excluding hydrogens is 228 g/mol. The Morgan fingerprint density at radius 2 is 2.31 bits per heavy atom. The van der Waals surface area contributed by atoms with Crippen molar-refractivity contribution in [1.29, 1.82) is 0 Å². The highest BCUT2D eigenvalue weighted by Crippen LogP contribution is 2.37. The van der Waals surface area contributed by atoms with Crippen LogP contribution in [0.1, 0.15) is 6.92 Å². The molecule has 0 bridgehead atoms. The van der Waals surface area contributed by atoms with Gasteiger partial charge in [-0.2, -0.15) is 0 Å². The molecule has 0 aliphatic carbocycles. The zero-order valence-corrected chi connectivity index (χ0v) is 9.49. The van der Waals surface area contributed by atoms with Crippen LogP contribution in [0.25, 0.3) is 0 Å². The Hall–Kier alpha value is -1.56. The van der Waals surface area contributed by atoms with E-state index in [-0.39, 0.29) is 11.6 Å². The topological polar surface area (TPSA) is 63.5 Å². The van der Waals surface area contributed by atoms with Gasteiger partial charge < -0.3 is 4.90 Å². The molecule has 0 atom stereocenters. The molecular formula is C10H10N2O3S. The molecule has 2 rings (SSSR count). The Labute approximate surface area is 96.6 Å². The molecule has 5 nitrogen and oxygen atoms in total. The fraction of sp³-hybridized carbons (Fsp3) is 0.300. The van der Waals surface area contributed by atoms with Crippen LogP contribution in [0.4, 0.5) is 11.4 Å². The largest absolute Gasteiger partial charge is 0.311 e. The van der Waals surface area contributed by atoms with Gasteiger partial charge in [0.15, 0.2) is 0 Å². The zero-order chi connectivity index (χ0) is 11.7. The van der Waals surface area contributed by atoms with Gasteiger partial charge in [0.1, 0.15) is 0 Å². The van der Waals surface area contributed by atoms with Crippen molar-refractivity contribution in [2.45, 2.75) is 11.8 Å². The summed E-state index contributed by atoms with van der Waals surface area (Å²) in [6.45, 7) is 2.39. The summed E-state index contributed by atoms with van der Waals surface area (Å²) in [5.74, 6) is 0.402. The molecule has 1 aliphatic rings. The number of hydrogen-bond donors (Lipinski definition) is 0. The van der Waals surface area contributed by atoms with Crippen molar-refractivity contribution in [2.75, 3.05) is 17.2 Å². The third-order valence-electron chi connectivity index (χ3n) is 2.41. The van der Waals surface area contributed by atoms with Crippen LogP contribution in [0.5, 0.6) is 0 Å². The lowest BCUT2D eigenvalue weighted by Gasteiger charge is -2.27. The second-order valence-electron chi connectivity index (χ2n) is 3.34. The summed E-state index contributed by atoms with van der Waals surface area (Å²) in [7, 11) is 0. The quantitative estimate of drug-likeness (QED) is 0.584. The van der Waals surface area contributed by atoms with Gasteiger partial charge >= 0.3 is 0 Å². The van der Waals surface area contributed by atoms with E-state index in [2.05, 4.69) is 0 Å². The maximum atomic E-state index is 11.6. The minimum absolute atomic E-state index is 0.000461. The Bertz CT molecular complexity index is 461. The predicted octanol–water partition coefficient (Wildman–Crippen LogP) is 2.05. The smallest absolute Gasteiger partial charge is 0.271 e. The first-order chi connectivity index (χ1) is 7.63. The van der Waals surface area contributed by atoms with E-state index < -0.39 is 4.92 Å². The Morgan fingerprint density at radius 3 is 2.94 bits per heavy atom. The summed E-state index contributed by atoms with van der Waals surface area (Å²) in [6, 6.07) is 4.63. The molecule has 0 saturated heterocycles. The second-order valence-corrected chi connectivity index (χ2v) is 4.35. The fourth-order valence-corrected chi connectivity index (χ4v) is 2.57. The van der Waals surface area contributed by atoms with E-state index in [0.29, 0.717) is 18.0 Å². The van der Waals surface area contributed by atoms with Crippen LogP contribution in [0, 0.1) is 10.1 Å². The molecule has 0 aromatic heterocycles. The lowest BCUT2D eigenvalue weighted by molar-refractivity contribution is -0.384. The maximum Gasteiger partial charge on any atom is 0.271 e. The highest BCUT2D eigenvalue weighted by molar-refractivity contribution is 8.00. The third kappa shape index (κ3) is 1.76. The molecule has 0 spiro atoms. The summed E-state index contributed by atoms with van der Waals surface area (Å²) >= 11 is 1.42. The molecule has 0 radical (unpaired) electrons. The number of non-ortho nitro benzene ring substituents is 1. The van der Waals surface area contributed by atoms with Crippen molar-refractivity contribution in [3.8, 4) is 0 Å². The van der Waals surface area contributed by atoms with E-state index in [9.17, 15) is 14.9 Å². The number of amides is 1. The van der Waals surface area contributed by atoms with Gasteiger partial charge in [-0.1, -0.05) is 0 Å². The van der Waals surface area contributed by atoms with E-state index in [0.717, 1.165) is 4.90 Å². The minimum atomic E-state index is -0.447. The lowest BCUT2D eigenvalue weighted by atomic mass is 10.2. The van der Waals surface area contributed by atoms with Gasteiger partial charge in [0.25, 0.3) is 5.69 Å². The number of nitro groups is 1. The number of nitrogens with zero attached hydrogens (tertiary/aromatic N) is 2. The number of hydrogen-bond acceptors (Lipinski definition) is 4. The van der Waals surface area contributed by atoms with Crippen molar-refractivity contribution >= 4 is 29.0 Å². The molecule has 84 valence electrons. The molecule has 1 aromatic rings. The van der Waals surface area contributed by atoms with Gasteiger partial charge in [0.05, 0.1) is 16.4 Å². The van der Waals surface area contributed by atoms with Crippen molar-refractivity contribution in [3.63, 3.8) is 0 Å². The monoisotopic (exact) mass is 238 g/mol. The summed E-state index contributed by atoms with van der Waals surface area (Å²) in [5, 5.41) is 10.7. The number of nitro benzene ring substituents is 1. The molecule has 6 heteroatoms. The molecule has 0 unspecified atom stereocenters. The van der Waals surface area contributed by atoms with Gasteiger partial charge in [-0.3, -0.25) is 14.9 Å². The maximum absolute atomic E-state index is 11.6. The number of carbonyl (C=O) groups is 1. The van der Waals surface area contributed by atoms with Crippen molar-refractivity contribution in [2.24, 2.45) is 0 Å². The van der Waals surface area contributed by atoms with Gasteiger partial charge in [-0.15, -0.1) is 11.8 Å². The highest BCUT2D eigenvalue weighted by atomic mass is 32.2. The minimum Gasteiger partial charge on any atom is -0.311 e. The Morgan fingerprint density at radius 1 is 1.56 bits per heavy atom. The Kier molecular flexibility index (Phi) is 2.82. The van der Waals surface area contributed by atoms with Crippen molar-refractivity contribution in [3.05, 3.63) is 28.3 Å². The molecule has 1 aromatic carbocycles. The number of rotatable bonds is 2. The standard InChI is InChI=1S/C10H10N2O3S/c1-2-11-8-5-7(12(14)15)3-4-9(8)16-6-10(11)13/h3-5H,2,6H2,1H3. The third-order valence-corrected chi connectivity index (χ3v) is 3.46. The average Bonchev–Trinajstić information content (AvgIpc) is 2.28. The van der Waals surface area contributed by atoms with E-state index in [4.69, 9.17) is 0 Å². The lowest BCUT2D eigenvalue weighted by Crippen LogP contribution is -2.35.